The number of hydrogen-bond acceptors (Lipinski definition) is 2. The molecule has 0 saturated carbocycles. The average molecular weight is 778 g/mol. The highest BCUT2D eigenvalue weighted by Crippen LogP contribution is 2.39. The lowest BCUT2D eigenvalue weighted by Gasteiger charge is -2.12. The molecule has 2 heterocycles. The highest BCUT2D eigenvalue weighted by atomic mass is 15.1. The van der Waals surface area contributed by atoms with Gasteiger partial charge >= 0.3 is 0 Å². The van der Waals surface area contributed by atoms with Gasteiger partial charge in [0, 0.05) is 22.2 Å². The standard InChI is InChI=1S/C58H39N3/c1-4-14-40(15-5-1)42-26-28-44(29-27-42)45-34-36-47(37-35-45)56-55-53-24-10-11-25-54(53)61(52-22-8-3-9-23-52)58(55)60-57(59-56)51-21-13-20-50(39-51)49-19-12-18-48(38-49)46-32-30-43(31-33-46)41-16-6-2-7-17-41/h1-39H. The molecule has 0 aliphatic rings. The van der Waals surface area contributed by atoms with Crippen molar-refractivity contribution in [1.29, 1.82) is 0 Å². The van der Waals surface area contributed by atoms with E-state index in [4.69, 9.17) is 9.97 Å². The van der Waals surface area contributed by atoms with E-state index in [0.717, 1.165) is 61.1 Å². The molecule has 11 rings (SSSR count). The van der Waals surface area contributed by atoms with Crippen molar-refractivity contribution in [1.82, 2.24) is 14.5 Å². The molecule has 0 saturated heterocycles. The van der Waals surface area contributed by atoms with Crippen LogP contribution in [0, 0.1) is 0 Å². The van der Waals surface area contributed by atoms with Crippen LogP contribution in [0.4, 0.5) is 0 Å². The minimum Gasteiger partial charge on any atom is -0.294 e. The van der Waals surface area contributed by atoms with Gasteiger partial charge in [-0.3, -0.25) is 4.57 Å². The Morgan fingerprint density at radius 3 is 1.20 bits per heavy atom. The van der Waals surface area contributed by atoms with Crippen LogP contribution in [0.25, 0.3) is 106 Å². The molecule has 2 aromatic heterocycles. The molecule has 0 bridgehead atoms. The number of nitrogens with zero attached hydrogens (tertiary/aromatic N) is 3. The third-order valence-corrected chi connectivity index (χ3v) is 11.7. The minimum absolute atomic E-state index is 0.678. The molecule has 61 heavy (non-hydrogen) atoms. The first-order chi connectivity index (χ1) is 30.2. The van der Waals surface area contributed by atoms with Crippen molar-refractivity contribution in [3.63, 3.8) is 0 Å². The van der Waals surface area contributed by atoms with Gasteiger partial charge in [0.15, 0.2) is 5.82 Å². The molecule has 0 unspecified atom stereocenters. The van der Waals surface area contributed by atoms with Crippen molar-refractivity contribution in [2.45, 2.75) is 0 Å². The molecule has 0 spiro atoms. The van der Waals surface area contributed by atoms with Crippen LogP contribution in [0.3, 0.4) is 0 Å². The molecule has 3 heteroatoms. The van der Waals surface area contributed by atoms with Gasteiger partial charge in [-0.25, -0.2) is 9.97 Å². The van der Waals surface area contributed by atoms with E-state index in [1.807, 2.05) is 0 Å². The SMILES string of the molecule is c1ccc(-c2ccc(-c3ccc(-c4nc(-c5cccc(-c6cccc(-c7ccc(-c8ccccc8)cc7)c6)c5)nc5c4c4ccccc4n5-c4ccccc4)cc3)cc2)cc1. The van der Waals surface area contributed by atoms with E-state index in [1.54, 1.807) is 0 Å². The van der Waals surface area contributed by atoms with Crippen LogP contribution in [0.2, 0.25) is 0 Å². The van der Waals surface area contributed by atoms with Gasteiger partial charge < -0.3 is 0 Å². The van der Waals surface area contributed by atoms with Crippen molar-refractivity contribution in [3.8, 4) is 84.0 Å². The summed E-state index contributed by atoms with van der Waals surface area (Å²) >= 11 is 0. The summed E-state index contributed by atoms with van der Waals surface area (Å²) in [7, 11) is 0. The zero-order valence-corrected chi connectivity index (χ0v) is 33.4. The Labute approximate surface area is 355 Å². The summed E-state index contributed by atoms with van der Waals surface area (Å²) in [4.78, 5) is 10.9. The van der Waals surface area contributed by atoms with Crippen molar-refractivity contribution >= 4 is 21.9 Å². The Bertz CT molecular complexity index is 3300. The molecular formula is C58H39N3. The highest BCUT2D eigenvalue weighted by Gasteiger charge is 2.21. The molecule has 0 atom stereocenters. The fraction of sp³-hybridized carbons (Fsp3) is 0. The lowest BCUT2D eigenvalue weighted by Crippen LogP contribution is -1.99. The van der Waals surface area contributed by atoms with Crippen molar-refractivity contribution in [2.24, 2.45) is 0 Å². The molecule has 3 nitrogen and oxygen atoms in total. The maximum Gasteiger partial charge on any atom is 0.162 e. The Morgan fingerprint density at radius 1 is 0.279 bits per heavy atom. The van der Waals surface area contributed by atoms with Crippen LogP contribution in [-0.4, -0.2) is 14.5 Å². The normalized spacial score (nSPS) is 11.3. The molecule has 286 valence electrons. The first kappa shape index (κ1) is 36.0. The molecule has 0 N–H and O–H groups in total. The van der Waals surface area contributed by atoms with E-state index in [-0.39, 0.29) is 0 Å². The van der Waals surface area contributed by atoms with Crippen LogP contribution in [0.15, 0.2) is 237 Å². The molecule has 11 aromatic rings. The third-order valence-electron chi connectivity index (χ3n) is 11.7. The number of hydrogen-bond donors (Lipinski definition) is 0. The third kappa shape index (κ3) is 6.88. The number of rotatable bonds is 8. The van der Waals surface area contributed by atoms with Crippen LogP contribution >= 0.6 is 0 Å². The van der Waals surface area contributed by atoms with Gasteiger partial charge in [-0.15, -0.1) is 0 Å². The summed E-state index contributed by atoms with van der Waals surface area (Å²) in [5.74, 6) is 0.678. The van der Waals surface area contributed by atoms with Crippen molar-refractivity contribution in [3.05, 3.63) is 237 Å². The molecule has 9 aromatic carbocycles. The maximum atomic E-state index is 5.45. The van der Waals surface area contributed by atoms with E-state index in [1.165, 1.54) is 38.9 Å². The van der Waals surface area contributed by atoms with Gasteiger partial charge in [-0.1, -0.05) is 206 Å². The van der Waals surface area contributed by atoms with E-state index in [9.17, 15) is 0 Å². The Hall–Kier alpha value is -8.14. The second kappa shape index (κ2) is 15.6. The summed E-state index contributed by atoms with van der Waals surface area (Å²) < 4.78 is 2.28. The number of benzene rings is 9. The fourth-order valence-corrected chi connectivity index (χ4v) is 8.54. The summed E-state index contributed by atoms with van der Waals surface area (Å²) in [6.07, 6.45) is 0. The predicted octanol–water partition coefficient (Wildman–Crippen LogP) is 15.2. The molecule has 0 radical (unpaired) electrons. The summed E-state index contributed by atoms with van der Waals surface area (Å²) in [5, 5.41) is 2.15. The first-order valence-electron chi connectivity index (χ1n) is 20.7. The maximum absolute atomic E-state index is 5.45. The molecule has 0 aliphatic carbocycles. The topological polar surface area (TPSA) is 30.7 Å². The van der Waals surface area contributed by atoms with Gasteiger partial charge in [-0.2, -0.15) is 0 Å². The highest BCUT2D eigenvalue weighted by molar-refractivity contribution is 6.14. The minimum atomic E-state index is 0.678. The second-order valence-corrected chi connectivity index (χ2v) is 15.4. The Kier molecular flexibility index (Phi) is 9.18. The van der Waals surface area contributed by atoms with Crippen molar-refractivity contribution < 1.29 is 0 Å². The van der Waals surface area contributed by atoms with E-state index < -0.39 is 0 Å². The quantitative estimate of drug-likeness (QED) is 0.154. The van der Waals surface area contributed by atoms with Crippen LogP contribution in [-0.2, 0) is 0 Å². The zero-order chi connectivity index (χ0) is 40.5. The largest absolute Gasteiger partial charge is 0.294 e. The summed E-state index contributed by atoms with van der Waals surface area (Å²) in [6.45, 7) is 0. The smallest absolute Gasteiger partial charge is 0.162 e. The van der Waals surface area contributed by atoms with Gasteiger partial charge in [0.2, 0.25) is 0 Å². The van der Waals surface area contributed by atoms with Crippen LogP contribution < -0.4 is 0 Å². The molecule has 0 fully saturated rings. The summed E-state index contributed by atoms with van der Waals surface area (Å²) in [6, 6.07) is 84.0. The molecule has 0 aliphatic heterocycles. The van der Waals surface area contributed by atoms with Gasteiger partial charge in [0.1, 0.15) is 5.65 Å². The average Bonchev–Trinajstić information content (AvgIpc) is 3.69. The molecular weight excluding hydrogens is 739 g/mol. The van der Waals surface area contributed by atoms with Gasteiger partial charge in [-0.05, 0) is 86.0 Å². The number of fused-ring (bicyclic) bond motifs is 3. The van der Waals surface area contributed by atoms with Crippen LogP contribution in [0.1, 0.15) is 0 Å². The van der Waals surface area contributed by atoms with E-state index >= 15 is 0 Å². The first-order valence-corrected chi connectivity index (χ1v) is 20.7. The second-order valence-electron chi connectivity index (χ2n) is 15.4. The van der Waals surface area contributed by atoms with E-state index in [0.29, 0.717) is 5.82 Å². The summed E-state index contributed by atoms with van der Waals surface area (Å²) in [5.41, 5.74) is 17.7. The van der Waals surface area contributed by atoms with E-state index in [2.05, 4.69) is 241 Å². The zero-order valence-electron chi connectivity index (χ0n) is 33.4. The lowest BCUT2D eigenvalue weighted by molar-refractivity contribution is 1.11. The number of para-hydroxylation sites is 2. The lowest BCUT2D eigenvalue weighted by atomic mass is 9.96. The molecule has 0 amide bonds. The Balaban J connectivity index is 1.01. The number of aromatic nitrogens is 3. The fourth-order valence-electron chi connectivity index (χ4n) is 8.54. The van der Waals surface area contributed by atoms with Crippen LogP contribution in [0.5, 0.6) is 0 Å². The van der Waals surface area contributed by atoms with Crippen molar-refractivity contribution in [2.75, 3.05) is 0 Å². The predicted molar refractivity (Wildman–Crippen MR) is 254 cm³/mol. The van der Waals surface area contributed by atoms with Gasteiger partial charge in [0.05, 0.1) is 16.6 Å². The Morgan fingerprint density at radius 2 is 0.656 bits per heavy atom. The monoisotopic (exact) mass is 777 g/mol. The van der Waals surface area contributed by atoms with Gasteiger partial charge in [0.25, 0.3) is 0 Å².